The van der Waals surface area contributed by atoms with E-state index in [-0.39, 0.29) is 47.9 Å². The Morgan fingerprint density at radius 1 is 1.29 bits per heavy atom. The molecule has 2 heterocycles. The van der Waals surface area contributed by atoms with Crippen LogP contribution in [0.1, 0.15) is 50.0 Å². The molecule has 1 aliphatic heterocycles. The fourth-order valence-corrected chi connectivity index (χ4v) is 5.26. The maximum atomic E-state index is 13.5. The smallest absolute Gasteiger partial charge is 0.259 e. The Labute approximate surface area is 225 Å². The number of aliphatic hydroxyl groups is 1. The summed E-state index contributed by atoms with van der Waals surface area (Å²) in [5, 5.41) is 9.85. The molecule has 0 saturated heterocycles. The Bertz CT molecular complexity index is 1300. The Kier molecular flexibility index (Phi) is 9.77. The number of aliphatic hydroxyl groups excluding tert-OH is 1. The van der Waals surface area contributed by atoms with Gasteiger partial charge in [-0.3, -0.25) is 4.79 Å². The van der Waals surface area contributed by atoms with Gasteiger partial charge in [0, 0.05) is 43.8 Å². The summed E-state index contributed by atoms with van der Waals surface area (Å²) in [6.45, 7) is 7.87. The molecule has 10 heteroatoms. The minimum Gasteiger partial charge on any atom is -0.497 e. The first-order valence-corrected chi connectivity index (χ1v) is 14.1. The van der Waals surface area contributed by atoms with Crippen LogP contribution in [0.25, 0.3) is 0 Å². The van der Waals surface area contributed by atoms with Crippen molar-refractivity contribution in [1.29, 1.82) is 0 Å². The summed E-state index contributed by atoms with van der Waals surface area (Å²) < 4.78 is 39.3. The molecule has 0 fully saturated rings. The lowest BCUT2D eigenvalue weighted by Gasteiger charge is -2.37. The number of carbonyl (C=O) groups excluding carboxylic acids is 1. The van der Waals surface area contributed by atoms with Gasteiger partial charge in [-0.2, -0.15) is 4.31 Å². The molecule has 0 saturated carbocycles. The molecule has 0 bridgehead atoms. The van der Waals surface area contributed by atoms with Crippen molar-refractivity contribution in [3.05, 3.63) is 47.7 Å². The number of hydrogen-bond acceptors (Lipinski definition) is 7. The molecule has 1 N–H and O–H groups in total. The molecule has 0 spiro atoms. The van der Waals surface area contributed by atoms with Gasteiger partial charge in [-0.1, -0.05) is 38.7 Å². The van der Waals surface area contributed by atoms with Crippen LogP contribution in [0.4, 0.5) is 0 Å². The standard InChI is InChI=1S/C28H37N3O6S/c1-19(2)9-7-10-22-13-25-27(29-15-22)37-26(20(3)16-31(28(25)33)21(4)18-32)17-30(5)38(34,35)24-12-8-11-23(14-24)36-6/h8,11-15,19-21,26,32H,9,16-18H2,1-6H3/t20-,21+,26-/m1/s1. The van der Waals surface area contributed by atoms with Gasteiger partial charge in [0.25, 0.3) is 5.91 Å². The van der Waals surface area contributed by atoms with Crippen molar-refractivity contribution >= 4 is 15.9 Å². The van der Waals surface area contributed by atoms with E-state index >= 15 is 0 Å². The van der Waals surface area contributed by atoms with Crippen LogP contribution in [-0.2, 0) is 10.0 Å². The van der Waals surface area contributed by atoms with Crippen molar-refractivity contribution in [3.63, 3.8) is 0 Å². The van der Waals surface area contributed by atoms with Crippen LogP contribution in [0.15, 0.2) is 41.4 Å². The van der Waals surface area contributed by atoms with Gasteiger partial charge in [0.2, 0.25) is 15.9 Å². The normalized spacial score (nSPS) is 18.7. The highest BCUT2D eigenvalue weighted by atomic mass is 32.2. The number of ether oxygens (including phenoxy) is 2. The first-order valence-electron chi connectivity index (χ1n) is 12.7. The first kappa shape index (κ1) is 29.4. The number of nitrogens with zero attached hydrogens (tertiary/aromatic N) is 3. The van der Waals surface area contributed by atoms with Crippen LogP contribution < -0.4 is 9.47 Å². The quantitative estimate of drug-likeness (QED) is 0.510. The third-order valence-electron chi connectivity index (χ3n) is 6.45. The van der Waals surface area contributed by atoms with Crippen LogP contribution in [0.3, 0.4) is 0 Å². The second kappa shape index (κ2) is 12.6. The van der Waals surface area contributed by atoms with Gasteiger partial charge in [-0.25, -0.2) is 13.4 Å². The number of rotatable bonds is 8. The van der Waals surface area contributed by atoms with Crippen molar-refractivity contribution in [2.24, 2.45) is 11.8 Å². The second-order valence-corrected chi connectivity index (χ2v) is 12.1. The minimum atomic E-state index is -3.85. The third-order valence-corrected chi connectivity index (χ3v) is 8.27. The Hall–Kier alpha value is -3.13. The molecule has 38 heavy (non-hydrogen) atoms. The zero-order chi connectivity index (χ0) is 28.0. The first-order chi connectivity index (χ1) is 18.0. The Balaban J connectivity index is 1.97. The maximum absolute atomic E-state index is 13.5. The molecule has 3 atom stereocenters. The van der Waals surface area contributed by atoms with E-state index in [9.17, 15) is 18.3 Å². The molecule has 1 aliphatic rings. The predicted octanol–water partition coefficient (Wildman–Crippen LogP) is 3.03. The predicted molar refractivity (Wildman–Crippen MR) is 145 cm³/mol. The van der Waals surface area contributed by atoms with Crippen molar-refractivity contribution in [3.8, 4) is 23.5 Å². The zero-order valence-corrected chi connectivity index (χ0v) is 23.7. The van der Waals surface area contributed by atoms with Gasteiger partial charge in [0.05, 0.1) is 31.2 Å². The molecule has 2 aromatic rings. The van der Waals surface area contributed by atoms with Crippen molar-refractivity contribution < 1.29 is 27.8 Å². The summed E-state index contributed by atoms with van der Waals surface area (Å²) in [7, 11) is -0.879. The van der Waals surface area contributed by atoms with E-state index in [1.165, 1.54) is 30.6 Å². The maximum Gasteiger partial charge on any atom is 0.259 e. The van der Waals surface area contributed by atoms with Crippen LogP contribution >= 0.6 is 0 Å². The lowest BCUT2D eigenvalue weighted by atomic mass is 10.00. The average molecular weight is 544 g/mol. The van der Waals surface area contributed by atoms with Gasteiger partial charge in [0.15, 0.2) is 0 Å². The van der Waals surface area contributed by atoms with E-state index < -0.39 is 22.2 Å². The molecule has 206 valence electrons. The summed E-state index contributed by atoms with van der Waals surface area (Å²) in [5.74, 6) is 6.54. The van der Waals surface area contributed by atoms with E-state index in [2.05, 4.69) is 30.7 Å². The van der Waals surface area contributed by atoms with E-state index in [1.54, 1.807) is 36.2 Å². The summed E-state index contributed by atoms with van der Waals surface area (Å²) in [6, 6.07) is 7.48. The largest absolute Gasteiger partial charge is 0.497 e. The van der Waals surface area contributed by atoms with E-state index in [4.69, 9.17) is 9.47 Å². The number of fused-ring (bicyclic) bond motifs is 1. The lowest BCUT2D eigenvalue weighted by molar-refractivity contribution is 0.0373. The zero-order valence-electron chi connectivity index (χ0n) is 22.8. The van der Waals surface area contributed by atoms with Gasteiger partial charge in [-0.05, 0) is 31.0 Å². The van der Waals surface area contributed by atoms with Gasteiger partial charge in [0.1, 0.15) is 17.4 Å². The molecule has 0 radical (unpaired) electrons. The van der Waals surface area contributed by atoms with Crippen LogP contribution in [-0.4, -0.2) is 79.6 Å². The van der Waals surface area contributed by atoms with Crippen LogP contribution in [0, 0.1) is 23.7 Å². The number of pyridine rings is 1. The molecular weight excluding hydrogens is 506 g/mol. The highest BCUT2D eigenvalue weighted by molar-refractivity contribution is 7.89. The number of methoxy groups -OCH3 is 1. The number of likely N-dealkylation sites (N-methyl/N-ethyl adjacent to an activating group) is 1. The molecule has 1 aromatic carbocycles. The molecule has 1 aromatic heterocycles. The number of sulfonamides is 1. The highest BCUT2D eigenvalue weighted by Gasteiger charge is 2.36. The highest BCUT2D eigenvalue weighted by Crippen LogP contribution is 2.28. The summed E-state index contributed by atoms with van der Waals surface area (Å²) in [4.78, 5) is 19.6. The molecule has 0 aliphatic carbocycles. The second-order valence-electron chi connectivity index (χ2n) is 10.1. The lowest BCUT2D eigenvalue weighted by Crippen LogP contribution is -2.50. The van der Waals surface area contributed by atoms with Crippen molar-refractivity contribution in [2.75, 3.05) is 33.9 Å². The number of carbonyl (C=O) groups is 1. The fourth-order valence-electron chi connectivity index (χ4n) is 4.04. The molecule has 9 nitrogen and oxygen atoms in total. The molecular formula is C28H37N3O6S. The van der Waals surface area contributed by atoms with Gasteiger partial charge < -0.3 is 19.5 Å². The topological polar surface area (TPSA) is 109 Å². The van der Waals surface area contributed by atoms with Crippen molar-refractivity contribution in [2.45, 2.75) is 51.2 Å². The van der Waals surface area contributed by atoms with E-state index in [1.807, 2.05) is 6.92 Å². The number of benzene rings is 1. The van der Waals surface area contributed by atoms with Crippen LogP contribution in [0.2, 0.25) is 0 Å². The molecule has 3 rings (SSSR count). The molecule has 0 unspecified atom stereocenters. The average Bonchev–Trinajstić information content (AvgIpc) is 2.90. The summed E-state index contributed by atoms with van der Waals surface area (Å²) in [6.07, 6.45) is 1.65. The Morgan fingerprint density at radius 2 is 2.03 bits per heavy atom. The monoisotopic (exact) mass is 543 g/mol. The third kappa shape index (κ3) is 6.84. The Morgan fingerprint density at radius 3 is 2.68 bits per heavy atom. The van der Waals surface area contributed by atoms with Crippen molar-refractivity contribution in [1.82, 2.24) is 14.2 Å². The number of hydrogen-bond donors (Lipinski definition) is 1. The number of amides is 1. The van der Waals surface area contributed by atoms with Gasteiger partial charge >= 0.3 is 0 Å². The number of aromatic nitrogens is 1. The van der Waals surface area contributed by atoms with E-state index in [0.29, 0.717) is 23.7 Å². The summed E-state index contributed by atoms with van der Waals surface area (Å²) in [5.41, 5.74) is 0.817. The summed E-state index contributed by atoms with van der Waals surface area (Å²) >= 11 is 0. The minimum absolute atomic E-state index is 0.0211. The van der Waals surface area contributed by atoms with E-state index in [0.717, 1.165) is 0 Å². The SMILES string of the molecule is COc1cccc(S(=O)(=O)N(C)C[C@H]2Oc3ncc(C#CCC(C)C)cc3C(=O)N([C@@H](C)CO)C[C@H]2C)c1. The molecule has 1 amide bonds. The van der Waals surface area contributed by atoms with Crippen LogP contribution in [0.5, 0.6) is 11.6 Å². The fraction of sp³-hybridized carbons (Fsp3) is 0.500. The van der Waals surface area contributed by atoms with Gasteiger partial charge in [-0.15, -0.1) is 0 Å².